The predicted molar refractivity (Wildman–Crippen MR) is 52.3 cm³/mol. The summed E-state index contributed by atoms with van der Waals surface area (Å²) in [7, 11) is 0. The molecule has 0 aliphatic heterocycles. The molecule has 0 aliphatic carbocycles. The number of aromatic nitrogens is 5. The zero-order chi connectivity index (χ0) is 9.97. The molecule has 0 saturated carbocycles. The number of nitrogens with zero attached hydrogens (tertiary/aromatic N) is 4. The second-order valence-corrected chi connectivity index (χ2v) is 3.84. The second kappa shape index (κ2) is 3.93. The average molecular weight is 228 g/mol. The number of rotatable bonds is 2. The Kier molecular flexibility index (Phi) is 2.64. The molecule has 7 heteroatoms. The molecule has 2 aromatic rings. The van der Waals surface area contributed by atoms with Crippen molar-refractivity contribution in [2.75, 3.05) is 0 Å². The highest BCUT2D eigenvalue weighted by Crippen LogP contribution is 2.25. The first-order valence-electron chi connectivity index (χ1n) is 3.78. The van der Waals surface area contributed by atoms with E-state index >= 15 is 0 Å². The Morgan fingerprint density at radius 3 is 3.00 bits per heavy atom. The van der Waals surface area contributed by atoms with Gasteiger partial charge in [0.05, 0.1) is 0 Å². The highest BCUT2D eigenvalue weighted by atomic mass is 35.5. The van der Waals surface area contributed by atoms with Crippen LogP contribution in [0.2, 0.25) is 5.28 Å². The monoisotopic (exact) mass is 227 g/mol. The summed E-state index contributed by atoms with van der Waals surface area (Å²) in [6.45, 7) is 1.91. The van der Waals surface area contributed by atoms with Crippen LogP contribution in [0.25, 0.3) is 0 Å². The first-order chi connectivity index (χ1) is 6.75. The molecule has 0 bridgehead atoms. The summed E-state index contributed by atoms with van der Waals surface area (Å²) < 4.78 is 0. The number of aromatic amines is 1. The molecule has 2 aromatic heterocycles. The molecule has 2 heterocycles. The van der Waals surface area contributed by atoms with Crippen molar-refractivity contribution < 1.29 is 0 Å². The summed E-state index contributed by atoms with van der Waals surface area (Å²) in [5.41, 5.74) is 0.954. The van der Waals surface area contributed by atoms with E-state index in [9.17, 15) is 0 Å². The fraction of sp³-hybridized carbons (Fsp3) is 0.143. The van der Waals surface area contributed by atoms with Gasteiger partial charge in [0.2, 0.25) is 5.28 Å². The number of H-pyrrole nitrogens is 1. The van der Waals surface area contributed by atoms with Crippen molar-refractivity contribution in [2.45, 2.75) is 17.1 Å². The van der Waals surface area contributed by atoms with Crippen molar-refractivity contribution in [2.24, 2.45) is 0 Å². The Morgan fingerprint density at radius 2 is 2.29 bits per heavy atom. The maximum absolute atomic E-state index is 5.68. The Bertz CT molecular complexity index is 430. The lowest BCUT2D eigenvalue weighted by Crippen LogP contribution is -1.89. The summed E-state index contributed by atoms with van der Waals surface area (Å²) >= 11 is 7.05. The molecule has 0 aliphatic rings. The van der Waals surface area contributed by atoms with Gasteiger partial charge in [-0.05, 0) is 30.3 Å². The zero-order valence-corrected chi connectivity index (χ0v) is 8.80. The fourth-order valence-corrected chi connectivity index (χ4v) is 1.76. The van der Waals surface area contributed by atoms with E-state index in [1.54, 1.807) is 6.20 Å². The van der Waals surface area contributed by atoms with Gasteiger partial charge < -0.3 is 0 Å². The fourth-order valence-electron chi connectivity index (χ4n) is 0.844. The van der Waals surface area contributed by atoms with Crippen molar-refractivity contribution in [3.8, 4) is 0 Å². The summed E-state index contributed by atoms with van der Waals surface area (Å²) in [5.74, 6) is 0. The van der Waals surface area contributed by atoms with E-state index in [0.29, 0.717) is 5.16 Å². The molecule has 0 saturated heterocycles. The van der Waals surface area contributed by atoms with Gasteiger partial charge in [-0.2, -0.15) is 5.10 Å². The summed E-state index contributed by atoms with van der Waals surface area (Å²) in [4.78, 5) is 11.9. The van der Waals surface area contributed by atoms with Crippen molar-refractivity contribution >= 4 is 23.4 Å². The SMILES string of the molecule is Cc1cnc(Cl)nc1Sc1ncn[nH]1. The van der Waals surface area contributed by atoms with Crippen LogP contribution in [0, 0.1) is 6.92 Å². The van der Waals surface area contributed by atoms with Gasteiger partial charge in [-0.15, -0.1) is 0 Å². The number of halogens is 1. The lowest BCUT2D eigenvalue weighted by Gasteiger charge is -2.00. The van der Waals surface area contributed by atoms with Gasteiger partial charge in [0.1, 0.15) is 11.4 Å². The Morgan fingerprint density at radius 1 is 1.43 bits per heavy atom. The molecular weight excluding hydrogens is 222 g/mol. The molecule has 0 atom stereocenters. The molecule has 0 fully saturated rings. The average Bonchev–Trinajstić information content (AvgIpc) is 2.64. The van der Waals surface area contributed by atoms with Gasteiger partial charge >= 0.3 is 0 Å². The highest BCUT2D eigenvalue weighted by molar-refractivity contribution is 7.99. The van der Waals surface area contributed by atoms with E-state index in [4.69, 9.17) is 11.6 Å². The quantitative estimate of drug-likeness (QED) is 0.625. The summed E-state index contributed by atoms with van der Waals surface area (Å²) in [6, 6.07) is 0. The van der Waals surface area contributed by atoms with Gasteiger partial charge in [-0.1, -0.05) is 0 Å². The lowest BCUT2D eigenvalue weighted by atomic mass is 10.4. The first kappa shape index (κ1) is 9.42. The van der Waals surface area contributed by atoms with Crippen LogP contribution < -0.4 is 0 Å². The lowest BCUT2D eigenvalue weighted by molar-refractivity contribution is 0.953. The van der Waals surface area contributed by atoms with Crippen molar-refractivity contribution in [1.82, 2.24) is 25.1 Å². The maximum Gasteiger partial charge on any atom is 0.223 e. The molecule has 2 rings (SSSR count). The zero-order valence-electron chi connectivity index (χ0n) is 7.23. The molecule has 5 nitrogen and oxygen atoms in total. The third-order valence-corrected chi connectivity index (χ3v) is 2.66. The molecule has 1 N–H and O–H groups in total. The molecule has 0 spiro atoms. The Hall–Kier alpha value is -1.14. The maximum atomic E-state index is 5.68. The molecular formula is C7H6ClN5S. The van der Waals surface area contributed by atoms with Crippen LogP contribution >= 0.6 is 23.4 Å². The number of aryl methyl sites for hydroxylation is 1. The predicted octanol–water partition coefficient (Wildman–Crippen LogP) is 1.71. The minimum absolute atomic E-state index is 0.234. The van der Waals surface area contributed by atoms with Gasteiger partial charge in [0, 0.05) is 11.8 Å². The summed E-state index contributed by atoms with van der Waals surface area (Å²) in [5, 5.41) is 8.16. The third kappa shape index (κ3) is 2.02. The van der Waals surface area contributed by atoms with Crippen LogP contribution in [-0.4, -0.2) is 25.1 Å². The number of hydrogen-bond acceptors (Lipinski definition) is 5. The number of hydrogen-bond donors (Lipinski definition) is 1. The minimum atomic E-state index is 0.234. The first-order valence-corrected chi connectivity index (χ1v) is 4.97. The third-order valence-electron chi connectivity index (χ3n) is 1.48. The minimum Gasteiger partial charge on any atom is -0.254 e. The molecule has 0 radical (unpaired) electrons. The van der Waals surface area contributed by atoms with Crippen LogP contribution in [0.4, 0.5) is 0 Å². The highest BCUT2D eigenvalue weighted by Gasteiger charge is 2.06. The van der Waals surface area contributed by atoms with E-state index in [0.717, 1.165) is 10.6 Å². The second-order valence-electron chi connectivity index (χ2n) is 2.52. The molecule has 0 aromatic carbocycles. The van der Waals surface area contributed by atoms with Crippen molar-refractivity contribution in [3.05, 3.63) is 23.4 Å². The summed E-state index contributed by atoms with van der Waals surface area (Å²) in [6.07, 6.45) is 3.12. The van der Waals surface area contributed by atoms with Crippen molar-refractivity contribution in [3.63, 3.8) is 0 Å². The van der Waals surface area contributed by atoms with E-state index in [1.165, 1.54) is 18.1 Å². The van der Waals surface area contributed by atoms with Gasteiger partial charge in [-0.25, -0.2) is 15.0 Å². The Labute approximate surface area is 89.3 Å². The van der Waals surface area contributed by atoms with Gasteiger partial charge in [0.25, 0.3) is 0 Å². The van der Waals surface area contributed by atoms with Crippen LogP contribution in [-0.2, 0) is 0 Å². The largest absolute Gasteiger partial charge is 0.254 e. The molecule has 0 unspecified atom stereocenters. The topological polar surface area (TPSA) is 67.3 Å². The standard InChI is InChI=1S/C7H6ClN5S/c1-4-2-9-6(8)12-5(4)14-7-10-3-11-13-7/h2-3H,1H3,(H,10,11,13). The normalized spacial score (nSPS) is 10.4. The Balaban J connectivity index is 2.28. The van der Waals surface area contributed by atoms with Crippen molar-refractivity contribution in [1.29, 1.82) is 0 Å². The van der Waals surface area contributed by atoms with Gasteiger partial charge in [0.15, 0.2) is 5.16 Å². The van der Waals surface area contributed by atoms with Crippen LogP contribution in [0.15, 0.2) is 22.7 Å². The van der Waals surface area contributed by atoms with E-state index in [2.05, 4.69) is 25.1 Å². The number of nitrogens with one attached hydrogen (secondary N) is 1. The van der Waals surface area contributed by atoms with Crippen LogP contribution in [0.3, 0.4) is 0 Å². The van der Waals surface area contributed by atoms with E-state index in [1.807, 2.05) is 6.92 Å². The van der Waals surface area contributed by atoms with Crippen LogP contribution in [0.1, 0.15) is 5.56 Å². The smallest absolute Gasteiger partial charge is 0.223 e. The van der Waals surface area contributed by atoms with E-state index in [-0.39, 0.29) is 5.28 Å². The molecule has 0 amide bonds. The molecule has 72 valence electrons. The van der Waals surface area contributed by atoms with Crippen LogP contribution in [0.5, 0.6) is 0 Å². The van der Waals surface area contributed by atoms with Gasteiger partial charge in [-0.3, -0.25) is 5.10 Å². The van der Waals surface area contributed by atoms with E-state index < -0.39 is 0 Å². The molecule has 14 heavy (non-hydrogen) atoms.